The summed E-state index contributed by atoms with van der Waals surface area (Å²) in [7, 11) is 0. The van der Waals surface area contributed by atoms with Crippen molar-refractivity contribution in [2.45, 2.75) is 58.4 Å². The van der Waals surface area contributed by atoms with E-state index in [4.69, 9.17) is 4.99 Å². The number of hydrogen-bond donors (Lipinski definition) is 1. The summed E-state index contributed by atoms with van der Waals surface area (Å²) in [5, 5.41) is 22.6. The second-order valence-corrected chi connectivity index (χ2v) is 8.79. The summed E-state index contributed by atoms with van der Waals surface area (Å²) < 4.78 is 0. The second-order valence-electron chi connectivity index (χ2n) is 8.79. The SMILES string of the molecule is CC1CCCC(N=Cc2cc([N+](=O)[O-])cc(C(C)(C)c3ccccc3)c2O)C1C. The minimum Gasteiger partial charge on any atom is -0.507 e. The first-order chi connectivity index (χ1) is 13.7. The van der Waals surface area contributed by atoms with Gasteiger partial charge < -0.3 is 5.11 Å². The van der Waals surface area contributed by atoms with Crippen molar-refractivity contribution in [1.29, 1.82) is 0 Å². The van der Waals surface area contributed by atoms with E-state index in [1.165, 1.54) is 18.6 Å². The monoisotopic (exact) mass is 394 g/mol. The van der Waals surface area contributed by atoms with E-state index >= 15 is 0 Å². The number of aromatic hydroxyl groups is 1. The molecule has 3 unspecified atom stereocenters. The lowest BCUT2D eigenvalue weighted by atomic mass is 9.77. The van der Waals surface area contributed by atoms with Gasteiger partial charge in [-0.15, -0.1) is 0 Å². The van der Waals surface area contributed by atoms with Crippen molar-refractivity contribution in [2.24, 2.45) is 16.8 Å². The average Bonchev–Trinajstić information content (AvgIpc) is 2.70. The molecule has 0 amide bonds. The van der Waals surface area contributed by atoms with Crippen LogP contribution in [0.15, 0.2) is 47.5 Å². The van der Waals surface area contributed by atoms with Gasteiger partial charge in [0.1, 0.15) is 5.75 Å². The summed E-state index contributed by atoms with van der Waals surface area (Å²) in [5.74, 6) is 1.13. The summed E-state index contributed by atoms with van der Waals surface area (Å²) in [5.41, 5.74) is 1.29. The van der Waals surface area contributed by atoms with E-state index < -0.39 is 10.3 Å². The number of benzene rings is 2. The van der Waals surface area contributed by atoms with E-state index in [1.807, 2.05) is 44.2 Å². The van der Waals surface area contributed by atoms with Gasteiger partial charge in [-0.3, -0.25) is 15.1 Å². The van der Waals surface area contributed by atoms with Gasteiger partial charge in [0, 0.05) is 34.9 Å². The Kier molecular flexibility index (Phi) is 6.06. The second kappa shape index (κ2) is 8.36. The van der Waals surface area contributed by atoms with Crippen molar-refractivity contribution in [2.75, 3.05) is 0 Å². The third-order valence-corrected chi connectivity index (χ3v) is 6.57. The summed E-state index contributed by atoms with van der Waals surface area (Å²) >= 11 is 0. The van der Waals surface area contributed by atoms with Crippen LogP contribution in [0.2, 0.25) is 0 Å². The number of phenolic OH excluding ortho intramolecular Hbond substituents is 1. The van der Waals surface area contributed by atoms with Crippen LogP contribution in [-0.2, 0) is 5.41 Å². The molecule has 1 aliphatic carbocycles. The zero-order valence-electron chi connectivity index (χ0n) is 17.6. The van der Waals surface area contributed by atoms with Crippen molar-refractivity contribution in [3.8, 4) is 5.75 Å². The average molecular weight is 395 g/mol. The largest absolute Gasteiger partial charge is 0.507 e. The normalized spacial score (nSPS) is 22.7. The van der Waals surface area contributed by atoms with E-state index in [0.29, 0.717) is 23.0 Å². The van der Waals surface area contributed by atoms with Crippen LogP contribution < -0.4 is 0 Å². The fourth-order valence-electron chi connectivity index (χ4n) is 4.27. The lowest BCUT2D eigenvalue weighted by Crippen LogP contribution is -2.27. The first-order valence-electron chi connectivity index (χ1n) is 10.3. The molecule has 0 radical (unpaired) electrons. The minimum atomic E-state index is -0.591. The van der Waals surface area contributed by atoms with Crippen molar-refractivity contribution in [3.63, 3.8) is 0 Å². The van der Waals surface area contributed by atoms with E-state index in [0.717, 1.165) is 18.4 Å². The molecule has 5 nitrogen and oxygen atoms in total. The van der Waals surface area contributed by atoms with Gasteiger partial charge in [0.05, 0.1) is 11.0 Å². The van der Waals surface area contributed by atoms with Gasteiger partial charge in [-0.2, -0.15) is 0 Å². The van der Waals surface area contributed by atoms with Gasteiger partial charge in [0.2, 0.25) is 0 Å². The van der Waals surface area contributed by atoms with Crippen molar-refractivity contribution in [3.05, 3.63) is 69.3 Å². The highest BCUT2D eigenvalue weighted by Crippen LogP contribution is 2.40. The van der Waals surface area contributed by atoms with Crippen LogP contribution in [0, 0.1) is 22.0 Å². The molecule has 154 valence electrons. The third-order valence-electron chi connectivity index (χ3n) is 6.57. The maximum absolute atomic E-state index is 11.6. The summed E-state index contributed by atoms with van der Waals surface area (Å²) in [4.78, 5) is 15.9. The van der Waals surface area contributed by atoms with Crippen LogP contribution in [0.4, 0.5) is 5.69 Å². The number of nitrogens with zero attached hydrogens (tertiary/aromatic N) is 2. The van der Waals surface area contributed by atoms with Crippen LogP contribution in [0.5, 0.6) is 5.75 Å². The van der Waals surface area contributed by atoms with Crippen LogP contribution in [0.25, 0.3) is 0 Å². The molecule has 0 spiro atoms. The highest BCUT2D eigenvalue weighted by Gasteiger charge is 2.30. The third kappa shape index (κ3) is 4.34. The molecule has 29 heavy (non-hydrogen) atoms. The molecule has 0 aromatic heterocycles. The number of non-ortho nitro benzene ring substituents is 1. The van der Waals surface area contributed by atoms with Gasteiger partial charge in [-0.25, -0.2) is 0 Å². The highest BCUT2D eigenvalue weighted by molar-refractivity contribution is 5.86. The molecule has 3 rings (SSSR count). The van der Waals surface area contributed by atoms with E-state index in [-0.39, 0.29) is 17.5 Å². The highest BCUT2D eigenvalue weighted by atomic mass is 16.6. The van der Waals surface area contributed by atoms with E-state index in [1.54, 1.807) is 6.21 Å². The molecule has 0 heterocycles. The fourth-order valence-corrected chi connectivity index (χ4v) is 4.27. The van der Waals surface area contributed by atoms with Crippen LogP contribution in [0.3, 0.4) is 0 Å². The molecular weight excluding hydrogens is 364 g/mol. The maximum atomic E-state index is 11.6. The molecule has 2 aromatic carbocycles. The Hall–Kier alpha value is -2.69. The molecule has 1 saturated carbocycles. The Labute approximate surface area is 172 Å². The number of aliphatic imine (C=N–C) groups is 1. The molecule has 2 aromatic rings. The molecule has 5 heteroatoms. The zero-order chi connectivity index (χ0) is 21.2. The summed E-state index contributed by atoms with van der Waals surface area (Å²) in [6.07, 6.45) is 5.00. The first kappa shape index (κ1) is 21.0. The standard InChI is InChI=1S/C24H30N2O3/c1-16-9-8-12-22(17(16)2)25-15-18-13-20(26(28)29)14-21(23(18)27)24(3,4)19-10-6-5-7-11-19/h5-7,10-11,13-17,22,27H,8-9,12H2,1-4H3. The molecule has 0 bridgehead atoms. The quantitative estimate of drug-likeness (QED) is 0.391. The smallest absolute Gasteiger partial charge is 0.270 e. The fraction of sp³-hybridized carbons (Fsp3) is 0.458. The topological polar surface area (TPSA) is 75.7 Å². The number of phenols is 1. The summed E-state index contributed by atoms with van der Waals surface area (Å²) in [6, 6.07) is 12.8. The maximum Gasteiger partial charge on any atom is 0.270 e. The predicted molar refractivity (Wildman–Crippen MR) is 117 cm³/mol. The Bertz CT molecular complexity index is 906. The van der Waals surface area contributed by atoms with Gasteiger partial charge >= 0.3 is 0 Å². The van der Waals surface area contributed by atoms with Gasteiger partial charge in [-0.05, 0) is 23.8 Å². The zero-order valence-corrected chi connectivity index (χ0v) is 17.6. The van der Waals surface area contributed by atoms with Crippen LogP contribution in [-0.4, -0.2) is 22.3 Å². The number of nitro benzene ring substituents is 1. The first-order valence-corrected chi connectivity index (χ1v) is 10.3. The molecular formula is C24H30N2O3. The van der Waals surface area contributed by atoms with Crippen molar-refractivity contribution in [1.82, 2.24) is 0 Å². The van der Waals surface area contributed by atoms with E-state index in [9.17, 15) is 15.2 Å². The Morgan fingerprint density at radius 2 is 1.86 bits per heavy atom. The minimum absolute atomic E-state index is 0.0340. The lowest BCUT2D eigenvalue weighted by Gasteiger charge is -2.31. The van der Waals surface area contributed by atoms with Gasteiger partial charge in [-0.1, -0.05) is 70.9 Å². The number of rotatable bonds is 5. The van der Waals surface area contributed by atoms with Crippen LogP contribution >= 0.6 is 0 Å². The summed E-state index contributed by atoms with van der Waals surface area (Å²) in [6.45, 7) is 8.39. The Morgan fingerprint density at radius 3 is 2.52 bits per heavy atom. The Morgan fingerprint density at radius 1 is 1.17 bits per heavy atom. The van der Waals surface area contributed by atoms with Crippen molar-refractivity contribution >= 4 is 11.9 Å². The Balaban J connectivity index is 2.04. The van der Waals surface area contributed by atoms with Gasteiger partial charge in [0.15, 0.2) is 0 Å². The van der Waals surface area contributed by atoms with Gasteiger partial charge in [0.25, 0.3) is 5.69 Å². The van der Waals surface area contributed by atoms with Crippen molar-refractivity contribution < 1.29 is 10.0 Å². The molecule has 3 atom stereocenters. The molecule has 1 aliphatic rings. The van der Waals surface area contributed by atoms with E-state index in [2.05, 4.69) is 13.8 Å². The molecule has 1 N–H and O–H groups in total. The van der Waals surface area contributed by atoms with Crippen LogP contribution in [0.1, 0.15) is 63.6 Å². The molecule has 0 saturated heterocycles. The molecule has 0 aliphatic heterocycles. The molecule has 1 fully saturated rings. The predicted octanol–water partition coefficient (Wildman–Crippen LogP) is 5.87. The number of hydrogen-bond acceptors (Lipinski definition) is 4. The lowest BCUT2D eigenvalue weighted by molar-refractivity contribution is -0.385. The number of nitro groups is 1.